The number of halogens is 6. The van der Waals surface area contributed by atoms with Gasteiger partial charge >= 0.3 is 6.18 Å². The first-order valence-corrected chi connectivity index (χ1v) is 11.9. The van der Waals surface area contributed by atoms with Crippen molar-refractivity contribution in [1.29, 1.82) is 0 Å². The summed E-state index contributed by atoms with van der Waals surface area (Å²) in [4.78, 5) is 17.2. The Kier molecular flexibility index (Phi) is 6.91. The van der Waals surface area contributed by atoms with Gasteiger partial charge in [-0.3, -0.25) is 9.48 Å². The molecule has 0 spiro atoms. The molecule has 0 saturated heterocycles. The van der Waals surface area contributed by atoms with E-state index in [0.29, 0.717) is 21.4 Å². The number of carbonyl (C=O) groups excluding carboxylic acids is 1. The average molecular weight is 579 g/mol. The van der Waals surface area contributed by atoms with E-state index in [4.69, 9.17) is 27.9 Å². The highest BCUT2D eigenvalue weighted by Gasteiger charge is 2.37. The maximum absolute atomic E-state index is 14.0. The first-order chi connectivity index (χ1) is 18.5. The van der Waals surface area contributed by atoms with Crippen molar-refractivity contribution in [3.8, 4) is 17.0 Å². The predicted molar refractivity (Wildman–Crippen MR) is 136 cm³/mol. The third-order valence-electron chi connectivity index (χ3n) is 5.64. The topological polar surface area (TPSA) is 86.3 Å². The Labute approximate surface area is 227 Å². The fourth-order valence-corrected chi connectivity index (χ4v) is 4.27. The summed E-state index contributed by atoms with van der Waals surface area (Å²) in [5.74, 6) is -0.939. The van der Waals surface area contributed by atoms with Gasteiger partial charge < -0.3 is 10.1 Å². The van der Waals surface area contributed by atoms with Gasteiger partial charge in [-0.15, -0.1) is 0 Å². The van der Waals surface area contributed by atoms with E-state index in [1.54, 1.807) is 18.2 Å². The van der Waals surface area contributed by atoms with Crippen LogP contribution in [0.15, 0.2) is 60.9 Å². The molecule has 200 valence electrons. The molecule has 5 aromatic rings. The van der Waals surface area contributed by atoms with E-state index < -0.39 is 29.3 Å². The summed E-state index contributed by atoms with van der Waals surface area (Å²) in [5, 5.41) is 10.3. The van der Waals surface area contributed by atoms with Crippen molar-refractivity contribution >= 4 is 40.4 Å². The lowest BCUT2D eigenvalue weighted by molar-refractivity contribution is -0.142. The number of benzene rings is 2. The van der Waals surface area contributed by atoms with Gasteiger partial charge in [0.2, 0.25) is 0 Å². The lowest BCUT2D eigenvalue weighted by atomic mass is 10.1. The van der Waals surface area contributed by atoms with E-state index in [9.17, 15) is 22.4 Å². The molecule has 5 rings (SSSR count). The molecule has 3 heterocycles. The van der Waals surface area contributed by atoms with Crippen LogP contribution < -0.4 is 10.1 Å². The molecule has 0 bridgehead atoms. The summed E-state index contributed by atoms with van der Waals surface area (Å²) in [7, 11) is 1.43. The Morgan fingerprint density at radius 2 is 1.92 bits per heavy atom. The van der Waals surface area contributed by atoms with Gasteiger partial charge in [-0.25, -0.2) is 13.9 Å². The molecule has 0 aliphatic heterocycles. The lowest BCUT2D eigenvalue weighted by Crippen LogP contribution is -2.15. The van der Waals surface area contributed by atoms with E-state index in [2.05, 4.69) is 20.5 Å². The number of nitrogens with zero attached hydrogens (tertiary/aromatic N) is 5. The number of hydrogen-bond acceptors (Lipinski definition) is 5. The zero-order chi connectivity index (χ0) is 27.9. The summed E-state index contributed by atoms with van der Waals surface area (Å²) < 4.78 is 62.3. The molecule has 0 saturated carbocycles. The molecular weight excluding hydrogens is 563 g/mol. The van der Waals surface area contributed by atoms with E-state index in [0.717, 1.165) is 12.1 Å². The molecule has 0 radical (unpaired) electrons. The molecule has 8 nitrogen and oxygen atoms in total. The number of anilines is 1. The van der Waals surface area contributed by atoms with Gasteiger partial charge in [0.25, 0.3) is 5.91 Å². The van der Waals surface area contributed by atoms with E-state index in [-0.39, 0.29) is 33.6 Å². The molecule has 3 aromatic heterocycles. The summed E-state index contributed by atoms with van der Waals surface area (Å²) >= 11 is 12.4. The molecule has 1 amide bonds. The van der Waals surface area contributed by atoms with E-state index in [1.165, 1.54) is 42.4 Å². The minimum atomic E-state index is -4.83. The highest BCUT2D eigenvalue weighted by Crippen LogP contribution is 2.35. The highest BCUT2D eigenvalue weighted by molar-refractivity contribution is 6.37. The maximum Gasteiger partial charge on any atom is 0.433 e. The van der Waals surface area contributed by atoms with E-state index >= 15 is 0 Å². The van der Waals surface area contributed by atoms with Crippen molar-refractivity contribution in [2.75, 3.05) is 12.4 Å². The first-order valence-electron chi connectivity index (χ1n) is 11.1. The normalized spacial score (nSPS) is 11.7. The quantitative estimate of drug-likeness (QED) is 0.237. The summed E-state index contributed by atoms with van der Waals surface area (Å²) in [6.07, 6.45) is -2.05. The van der Waals surface area contributed by atoms with Crippen LogP contribution in [-0.4, -0.2) is 37.4 Å². The summed E-state index contributed by atoms with van der Waals surface area (Å²) in [6, 6.07) is 11.1. The van der Waals surface area contributed by atoms with Crippen molar-refractivity contribution in [3.63, 3.8) is 0 Å². The van der Waals surface area contributed by atoms with Gasteiger partial charge in [0.15, 0.2) is 17.0 Å². The maximum atomic E-state index is 14.0. The van der Waals surface area contributed by atoms with Gasteiger partial charge in [-0.2, -0.15) is 23.4 Å². The zero-order valence-electron chi connectivity index (χ0n) is 19.8. The van der Waals surface area contributed by atoms with Gasteiger partial charge in [0.05, 0.1) is 31.2 Å². The Balaban J connectivity index is 1.47. The van der Waals surface area contributed by atoms with Crippen molar-refractivity contribution in [2.24, 2.45) is 0 Å². The van der Waals surface area contributed by atoms with Crippen LogP contribution in [0.5, 0.6) is 5.75 Å². The molecule has 2 aromatic carbocycles. The smallest absolute Gasteiger partial charge is 0.433 e. The highest BCUT2D eigenvalue weighted by atomic mass is 35.5. The number of amides is 1. The van der Waals surface area contributed by atoms with Crippen LogP contribution in [0.2, 0.25) is 10.0 Å². The second-order valence-corrected chi connectivity index (χ2v) is 9.06. The molecule has 39 heavy (non-hydrogen) atoms. The van der Waals surface area contributed by atoms with Crippen LogP contribution >= 0.6 is 23.2 Å². The molecule has 0 aliphatic rings. The number of methoxy groups -OCH3 is 1. The molecule has 0 fully saturated rings. The Morgan fingerprint density at radius 3 is 2.64 bits per heavy atom. The lowest BCUT2D eigenvalue weighted by Gasteiger charge is -2.11. The van der Waals surface area contributed by atoms with Gasteiger partial charge in [0.1, 0.15) is 16.6 Å². The average Bonchev–Trinajstić information content (AvgIpc) is 3.48. The zero-order valence-corrected chi connectivity index (χ0v) is 21.3. The Bertz CT molecular complexity index is 1720. The van der Waals surface area contributed by atoms with Crippen molar-refractivity contribution in [1.82, 2.24) is 24.4 Å². The van der Waals surface area contributed by atoms with Crippen LogP contribution in [-0.2, 0) is 12.7 Å². The second-order valence-electron chi connectivity index (χ2n) is 8.27. The largest absolute Gasteiger partial charge is 0.497 e. The molecule has 14 heteroatoms. The number of rotatable bonds is 6. The number of aromatic nitrogens is 5. The van der Waals surface area contributed by atoms with Gasteiger partial charge in [0, 0.05) is 16.8 Å². The monoisotopic (exact) mass is 578 g/mol. The van der Waals surface area contributed by atoms with Crippen molar-refractivity contribution < 1.29 is 27.1 Å². The Hall–Kier alpha value is -4.16. The third kappa shape index (κ3) is 5.38. The number of nitrogens with one attached hydrogen (secondary N) is 1. The first kappa shape index (κ1) is 26.4. The van der Waals surface area contributed by atoms with Gasteiger partial charge in [-0.05, 0) is 35.9 Å². The second kappa shape index (κ2) is 10.2. The van der Waals surface area contributed by atoms with Crippen LogP contribution in [0.3, 0.4) is 0 Å². The fourth-order valence-electron chi connectivity index (χ4n) is 3.80. The minimum absolute atomic E-state index is 0.0387. The molecular formula is C25H16Cl2F4N6O2. The third-order valence-corrected chi connectivity index (χ3v) is 6.34. The molecule has 1 N–H and O–H groups in total. The van der Waals surface area contributed by atoms with Crippen LogP contribution in [0.25, 0.3) is 16.9 Å². The SMILES string of the molecule is COc1cccc(-c2cc(C(F)(F)F)n3nc(C(=O)Nc4cnn(Cc5ccc(F)cc5Cl)c4)c(Cl)c3n2)c1. The summed E-state index contributed by atoms with van der Waals surface area (Å²) in [6.45, 7) is 0.177. The number of ether oxygens (including phenoxy) is 1. The van der Waals surface area contributed by atoms with Crippen LogP contribution in [0.1, 0.15) is 21.7 Å². The number of hydrogen-bond donors (Lipinski definition) is 1. The standard InChI is InChI=1S/C25H16Cl2F4N6O2/c1-39-17-4-2-3-13(7-17)19-9-20(25(29,30)31)37-23(34-19)21(27)22(35-37)24(38)33-16-10-32-36(12-16)11-14-5-6-15(28)8-18(14)26/h2-10,12H,11H2,1H3,(H,33,38). The summed E-state index contributed by atoms with van der Waals surface area (Å²) in [5.41, 5.74) is -0.881. The van der Waals surface area contributed by atoms with Crippen molar-refractivity contribution in [3.05, 3.63) is 93.7 Å². The van der Waals surface area contributed by atoms with E-state index in [1.807, 2.05) is 0 Å². The van der Waals surface area contributed by atoms with Crippen LogP contribution in [0, 0.1) is 5.82 Å². The van der Waals surface area contributed by atoms with Crippen LogP contribution in [0.4, 0.5) is 23.2 Å². The Morgan fingerprint density at radius 1 is 1.13 bits per heavy atom. The number of carbonyl (C=O) groups is 1. The fraction of sp³-hybridized carbons (Fsp3) is 0.120. The predicted octanol–water partition coefficient (Wildman–Crippen LogP) is 6.37. The molecule has 0 aliphatic carbocycles. The van der Waals surface area contributed by atoms with Crippen molar-refractivity contribution in [2.45, 2.75) is 12.7 Å². The van der Waals surface area contributed by atoms with Gasteiger partial charge in [-0.1, -0.05) is 41.4 Å². The minimum Gasteiger partial charge on any atom is -0.497 e. The molecule has 0 atom stereocenters. The number of fused-ring (bicyclic) bond motifs is 1. The molecule has 0 unspecified atom stereocenters. The number of alkyl halides is 3.